The zero-order chi connectivity index (χ0) is 18.0. The molecule has 25 heavy (non-hydrogen) atoms. The summed E-state index contributed by atoms with van der Waals surface area (Å²) < 4.78 is 26.8. The standard InChI is InChI=1S/C17H10Cl2F2N2OS/c18-12-2-1-3-13(19)11(12)7-16(24)23-17-22-15(8-25-17)10-5-4-9(20)6-14(10)21/h1-6,8H,7H2,(H,22,23,24). The molecule has 1 amide bonds. The largest absolute Gasteiger partial charge is 0.302 e. The lowest BCUT2D eigenvalue weighted by atomic mass is 10.1. The number of rotatable bonds is 4. The zero-order valence-electron chi connectivity index (χ0n) is 12.5. The molecule has 0 atom stereocenters. The van der Waals surface area contributed by atoms with E-state index in [4.69, 9.17) is 23.2 Å². The number of anilines is 1. The first kappa shape index (κ1) is 17.8. The van der Waals surface area contributed by atoms with E-state index < -0.39 is 11.6 Å². The quantitative estimate of drug-likeness (QED) is 0.623. The fraction of sp³-hybridized carbons (Fsp3) is 0.0588. The first-order valence-corrected chi connectivity index (χ1v) is 8.71. The summed E-state index contributed by atoms with van der Waals surface area (Å²) in [4.78, 5) is 16.3. The summed E-state index contributed by atoms with van der Waals surface area (Å²) in [5.74, 6) is -1.73. The van der Waals surface area contributed by atoms with Gasteiger partial charge in [-0.1, -0.05) is 29.3 Å². The van der Waals surface area contributed by atoms with Crippen molar-refractivity contribution in [2.45, 2.75) is 6.42 Å². The molecule has 3 rings (SSSR count). The molecule has 0 bridgehead atoms. The number of hydrogen-bond donors (Lipinski definition) is 1. The van der Waals surface area contributed by atoms with Gasteiger partial charge in [-0.2, -0.15) is 0 Å². The van der Waals surface area contributed by atoms with Crippen LogP contribution < -0.4 is 5.32 Å². The number of nitrogens with zero attached hydrogens (tertiary/aromatic N) is 1. The molecule has 0 radical (unpaired) electrons. The predicted molar refractivity (Wildman–Crippen MR) is 96.3 cm³/mol. The fourth-order valence-electron chi connectivity index (χ4n) is 2.18. The molecule has 0 spiro atoms. The molecule has 3 nitrogen and oxygen atoms in total. The summed E-state index contributed by atoms with van der Waals surface area (Å²) in [6.45, 7) is 0. The molecular weight excluding hydrogens is 389 g/mol. The van der Waals surface area contributed by atoms with Crippen LogP contribution in [-0.4, -0.2) is 10.9 Å². The van der Waals surface area contributed by atoms with Crippen LogP contribution in [0.2, 0.25) is 10.0 Å². The van der Waals surface area contributed by atoms with Crippen LogP contribution in [0.3, 0.4) is 0 Å². The Morgan fingerprint density at radius 2 is 1.88 bits per heavy atom. The van der Waals surface area contributed by atoms with Crippen LogP contribution in [0.4, 0.5) is 13.9 Å². The lowest BCUT2D eigenvalue weighted by molar-refractivity contribution is -0.115. The second kappa shape index (κ2) is 7.47. The molecule has 0 saturated heterocycles. The van der Waals surface area contributed by atoms with Gasteiger partial charge < -0.3 is 5.32 Å². The minimum Gasteiger partial charge on any atom is -0.302 e. The van der Waals surface area contributed by atoms with E-state index in [-0.39, 0.29) is 17.9 Å². The third kappa shape index (κ3) is 4.15. The van der Waals surface area contributed by atoms with Gasteiger partial charge in [-0.15, -0.1) is 11.3 Å². The van der Waals surface area contributed by atoms with Gasteiger partial charge in [0.15, 0.2) is 5.13 Å². The zero-order valence-corrected chi connectivity index (χ0v) is 14.9. The second-order valence-electron chi connectivity index (χ2n) is 5.09. The molecule has 1 N–H and O–H groups in total. The van der Waals surface area contributed by atoms with Crippen LogP contribution in [0.1, 0.15) is 5.56 Å². The van der Waals surface area contributed by atoms with Crippen molar-refractivity contribution in [2.75, 3.05) is 5.32 Å². The van der Waals surface area contributed by atoms with Gasteiger partial charge in [0.05, 0.1) is 12.1 Å². The number of carbonyl (C=O) groups excluding carboxylic acids is 1. The Kier molecular flexibility index (Phi) is 5.32. The van der Waals surface area contributed by atoms with E-state index in [0.717, 1.165) is 23.5 Å². The number of halogens is 4. The third-order valence-corrected chi connectivity index (χ3v) is 4.82. The average Bonchev–Trinajstić information content (AvgIpc) is 2.99. The normalized spacial score (nSPS) is 10.7. The number of amides is 1. The van der Waals surface area contributed by atoms with Crippen molar-refractivity contribution in [3.8, 4) is 11.3 Å². The number of carbonyl (C=O) groups is 1. The molecule has 2 aromatic carbocycles. The number of nitrogens with one attached hydrogen (secondary N) is 1. The molecule has 8 heteroatoms. The molecule has 0 fully saturated rings. The highest BCUT2D eigenvalue weighted by molar-refractivity contribution is 7.14. The maximum atomic E-state index is 13.8. The maximum absolute atomic E-state index is 13.8. The number of hydrogen-bond acceptors (Lipinski definition) is 3. The topological polar surface area (TPSA) is 42.0 Å². The highest BCUT2D eigenvalue weighted by Crippen LogP contribution is 2.28. The third-order valence-electron chi connectivity index (χ3n) is 3.36. The fourth-order valence-corrected chi connectivity index (χ4v) is 3.44. The Hall–Kier alpha value is -2.02. The Bertz CT molecular complexity index is 926. The highest BCUT2D eigenvalue weighted by atomic mass is 35.5. The highest BCUT2D eigenvalue weighted by Gasteiger charge is 2.14. The van der Waals surface area contributed by atoms with Gasteiger partial charge in [-0.05, 0) is 29.8 Å². The summed E-state index contributed by atoms with van der Waals surface area (Å²) in [6, 6.07) is 8.22. The summed E-state index contributed by atoms with van der Waals surface area (Å²) in [5.41, 5.74) is 0.991. The van der Waals surface area contributed by atoms with E-state index in [1.54, 1.807) is 23.6 Å². The van der Waals surface area contributed by atoms with Crippen molar-refractivity contribution < 1.29 is 13.6 Å². The minimum atomic E-state index is -0.717. The van der Waals surface area contributed by atoms with Gasteiger partial charge in [0.2, 0.25) is 5.91 Å². The molecule has 1 heterocycles. The summed E-state index contributed by atoms with van der Waals surface area (Å²) in [5, 5.41) is 5.29. The maximum Gasteiger partial charge on any atom is 0.230 e. The first-order chi connectivity index (χ1) is 11.9. The minimum absolute atomic E-state index is 0.0155. The van der Waals surface area contributed by atoms with Crippen LogP contribution in [0.25, 0.3) is 11.3 Å². The first-order valence-electron chi connectivity index (χ1n) is 7.07. The predicted octanol–water partition coefficient (Wildman–Crippen LogP) is 5.58. The molecule has 0 saturated carbocycles. The van der Waals surface area contributed by atoms with E-state index in [0.29, 0.717) is 26.4 Å². The van der Waals surface area contributed by atoms with Gasteiger partial charge in [-0.25, -0.2) is 13.8 Å². The van der Waals surface area contributed by atoms with Crippen LogP contribution in [-0.2, 0) is 11.2 Å². The molecule has 3 aromatic rings. The summed E-state index contributed by atoms with van der Waals surface area (Å²) in [7, 11) is 0. The van der Waals surface area contributed by atoms with Crippen LogP contribution >= 0.6 is 34.5 Å². The van der Waals surface area contributed by atoms with Crippen LogP contribution in [0, 0.1) is 11.6 Å². The molecule has 1 aromatic heterocycles. The SMILES string of the molecule is O=C(Cc1c(Cl)cccc1Cl)Nc1nc(-c2ccc(F)cc2F)cs1. The van der Waals surface area contributed by atoms with E-state index in [2.05, 4.69) is 10.3 Å². The Morgan fingerprint density at radius 3 is 2.56 bits per heavy atom. The monoisotopic (exact) mass is 398 g/mol. The Labute approximate surface area is 156 Å². The lowest BCUT2D eigenvalue weighted by Gasteiger charge is -2.06. The molecule has 0 aliphatic carbocycles. The van der Waals surface area contributed by atoms with Crippen molar-refractivity contribution in [3.05, 3.63) is 69.0 Å². The smallest absolute Gasteiger partial charge is 0.230 e. The van der Waals surface area contributed by atoms with Crippen LogP contribution in [0.5, 0.6) is 0 Å². The van der Waals surface area contributed by atoms with Crippen molar-refractivity contribution in [1.29, 1.82) is 0 Å². The van der Waals surface area contributed by atoms with Crippen molar-refractivity contribution >= 4 is 45.6 Å². The van der Waals surface area contributed by atoms with Crippen LogP contribution in [0.15, 0.2) is 41.8 Å². The molecular formula is C17H10Cl2F2N2OS. The number of aromatic nitrogens is 1. The van der Waals surface area contributed by atoms with Gasteiger partial charge in [0.25, 0.3) is 0 Å². The van der Waals surface area contributed by atoms with Crippen molar-refractivity contribution in [1.82, 2.24) is 4.98 Å². The number of thiazole rings is 1. The van der Waals surface area contributed by atoms with E-state index in [9.17, 15) is 13.6 Å². The summed E-state index contributed by atoms with van der Waals surface area (Å²) in [6.07, 6.45) is -0.0155. The van der Waals surface area contributed by atoms with Gasteiger partial charge in [0.1, 0.15) is 11.6 Å². The average molecular weight is 399 g/mol. The Morgan fingerprint density at radius 1 is 1.16 bits per heavy atom. The van der Waals surface area contributed by atoms with Gasteiger partial charge >= 0.3 is 0 Å². The molecule has 0 aliphatic heterocycles. The van der Waals surface area contributed by atoms with Crippen molar-refractivity contribution in [2.24, 2.45) is 0 Å². The number of benzene rings is 2. The van der Waals surface area contributed by atoms with Gasteiger partial charge in [-0.3, -0.25) is 4.79 Å². The molecule has 0 unspecified atom stereocenters. The Balaban J connectivity index is 1.74. The lowest BCUT2D eigenvalue weighted by Crippen LogP contribution is -2.14. The van der Waals surface area contributed by atoms with Crippen molar-refractivity contribution in [3.63, 3.8) is 0 Å². The summed E-state index contributed by atoms with van der Waals surface area (Å²) >= 11 is 13.2. The van der Waals surface area contributed by atoms with E-state index >= 15 is 0 Å². The molecule has 128 valence electrons. The van der Waals surface area contributed by atoms with E-state index in [1.165, 1.54) is 6.07 Å². The van der Waals surface area contributed by atoms with E-state index in [1.807, 2.05) is 0 Å². The van der Waals surface area contributed by atoms with Gasteiger partial charge in [0, 0.05) is 27.1 Å². The molecule has 0 aliphatic rings. The second-order valence-corrected chi connectivity index (χ2v) is 6.76.